The molecule has 11 aromatic carbocycles. The van der Waals surface area contributed by atoms with Crippen LogP contribution in [0.1, 0.15) is 11.1 Å². The summed E-state index contributed by atoms with van der Waals surface area (Å²) in [6.45, 7) is 4.49. The third-order valence-corrected chi connectivity index (χ3v) is 12.5. The molecule has 0 unspecified atom stereocenters. The number of furan rings is 1. The Morgan fingerprint density at radius 1 is 0.298 bits per heavy atom. The summed E-state index contributed by atoms with van der Waals surface area (Å²) in [4.78, 5) is 0. The second-order valence-electron chi connectivity index (χ2n) is 15.6. The molecule has 12 rings (SSSR count). The van der Waals surface area contributed by atoms with E-state index >= 15 is 0 Å². The molecule has 1 aromatic heterocycles. The molecule has 0 bridgehead atoms. The predicted molar refractivity (Wildman–Crippen MR) is 245 cm³/mol. The van der Waals surface area contributed by atoms with Crippen molar-refractivity contribution in [3.05, 3.63) is 193 Å². The summed E-state index contributed by atoms with van der Waals surface area (Å²) >= 11 is 0. The van der Waals surface area contributed by atoms with Crippen molar-refractivity contribution in [2.75, 3.05) is 0 Å². The number of aryl methyl sites for hydroxylation is 2. The van der Waals surface area contributed by atoms with Gasteiger partial charge in [-0.15, -0.1) is 0 Å². The van der Waals surface area contributed by atoms with Gasteiger partial charge in [0.15, 0.2) is 0 Å². The van der Waals surface area contributed by atoms with Gasteiger partial charge in [0.25, 0.3) is 0 Å². The SMILES string of the molecule is Cc1ccccc1-c1c(C)cc(-c2c3ccccc3c(-c3ccc4oc5c(ccc6c7ccccc7c7ccccc7c65)c4c3)c3ccccc23)c2ccccc12. The number of fused-ring (bicyclic) bond motifs is 13. The lowest BCUT2D eigenvalue weighted by atomic mass is 9.82. The third kappa shape index (κ3) is 4.57. The highest BCUT2D eigenvalue weighted by molar-refractivity contribution is 6.32. The first-order chi connectivity index (χ1) is 28.1. The average molecular weight is 725 g/mol. The average Bonchev–Trinajstić information content (AvgIpc) is 3.64. The van der Waals surface area contributed by atoms with Crippen LogP contribution in [-0.2, 0) is 0 Å². The van der Waals surface area contributed by atoms with Crippen LogP contribution >= 0.6 is 0 Å². The van der Waals surface area contributed by atoms with Crippen LogP contribution in [0.2, 0.25) is 0 Å². The van der Waals surface area contributed by atoms with Gasteiger partial charge in [-0.25, -0.2) is 0 Å². The van der Waals surface area contributed by atoms with E-state index in [0.717, 1.165) is 21.9 Å². The van der Waals surface area contributed by atoms with Crippen molar-refractivity contribution >= 4 is 86.6 Å². The fourth-order valence-electron chi connectivity index (χ4n) is 10.0. The monoisotopic (exact) mass is 724 g/mol. The van der Waals surface area contributed by atoms with Crippen LogP contribution in [-0.4, -0.2) is 0 Å². The molecule has 1 nitrogen and oxygen atoms in total. The van der Waals surface area contributed by atoms with Crippen LogP contribution in [0.4, 0.5) is 0 Å². The third-order valence-electron chi connectivity index (χ3n) is 12.5. The molecule has 0 aliphatic carbocycles. The van der Waals surface area contributed by atoms with E-state index in [1.165, 1.54) is 109 Å². The first kappa shape index (κ1) is 32.1. The smallest absolute Gasteiger partial charge is 0.143 e. The first-order valence-corrected chi connectivity index (χ1v) is 19.8. The van der Waals surface area contributed by atoms with Gasteiger partial charge in [-0.2, -0.15) is 0 Å². The molecule has 0 radical (unpaired) electrons. The molecule has 1 heterocycles. The lowest BCUT2D eigenvalue weighted by Gasteiger charge is -2.21. The maximum absolute atomic E-state index is 6.87. The molecule has 0 N–H and O–H groups in total. The minimum Gasteiger partial charge on any atom is -0.455 e. The summed E-state index contributed by atoms with van der Waals surface area (Å²) in [5.41, 5.74) is 12.0. The second kappa shape index (κ2) is 12.1. The van der Waals surface area contributed by atoms with Crippen LogP contribution in [0.15, 0.2) is 186 Å². The maximum atomic E-state index is 6.87. The van der Waals surface area contributed by atoms with E-state index in [1.807, 2.05) is 0 Å². The Morgan fingerprint density at radius 3 is 1.40 bits per heavy atom. The Labute approximate surface area is 330 Å². The van der Waals surface area contributed by atoms with Gasteiger partial charge in [0, 0.05) is 16.2 Å². The van der Waals surface area contributed by atoms with E-state index < -0.39 is 0 Å². The predicted octanol–water partition coefficient (Wildman–Crippen LogP) is 16.1. The fraction of sp³-hybridized carbons (Fsp3) is 0.0357. The molecule has 0 atom stereocenters. The van der Waals surface area contributed by atoms with E-state index in [-0.39, 0.29) is 0 Å². The van der Waals surface area contributed by atoms with Crippen LogP contribution in [0, 0.1) is 13.8 Å². The Hall–Kier alpha value is -7.22. The maximum Gasteiger partial charge on any atom is 0.143 e. The molecule has 266 valence electrons. The summed E-state index contributed by atoms with van der Waals surface area (Å²) in [6, 6.07) is 67.0. The van der Waals surface area contributed by atoms with Gasteiger partial charge >= 0.3 is 0 Å². The van der Waals surface area contributed by atoms with Crippen molar-refractivity contribution < 1.29 is 4.42 Å². The van der Waals surface area contributed by atoms with Crippen molar-refractivity contribution in [1.82, 2.24) is 0 Å². The summed E-state index contributed by atoms with van der Waals surface area (Å²) in [6.07, 6.45) is 0. The molecule has 0 saturated carbocycles. The minimum absolute atomic E-state index is 0.902. The highest BCUT2D eigenvalue weighted by atomic mass is 16.3. The normalized spacial score (nSPS) is 12.0. The number of hydrogen-bond donors (Lipinski definition) is 0. The van der Waals surface area contributed by atoms with Gasteiger partial charge in [-0.1, -0.05) is 164 Å². The van der Waals surface area contributed by atoms with E-state index in [1.54, 1.807) is 0 Å². The van der Waals surface area contributed by atoms with Crippen LogP contribution in [0.3, 0.4) is 0 Å². The van der Waals surface area contributed by atoms with Gasteiger partial charge in [0.2, 0.25) is 0 Å². The van der Waals surface area contributed by atoms with Gasteiger partial charge in [0.1, 0.15) is 11.2 Å². The minimum atomic E-state index is 0.902. The standard InChI is InChI=1S/C56H36O/c1-33-15-3-4-16-36(33)52-34(2)31-50(40-20-8-9-21-41(40)52)54-45-25-13-11-23-43(45)53(44-24-12-14-26-46(44)54)35-27-30-51-49(32-35)48-29-28-47-39-19-6-5-17-37(39)38-18-7-10-22-42(38)55(47)56(48)57-51/h3-32H,1-2H3. The van der Waals surface area contributed by atoms with E-state index in [9.17, 15) is 0 Å². The highest BCUT2D eigenvalue weighted by Crippen LogP contribution is 2.49. The number of hydrogen-bond acceptors (Lipinski definition) is 1. The molecule has 0 aliphatic rings. The van der Waals surface area contributed by atoms with Gasteiger partial charge in [-0.05, 0) is 136 Å². The molecular weight excluding hydrogens is 689 g/mol. The lowest BCUT2D eigenvalue weighted by Crippen LogP contribution is -1.95. The Kier molecular flexibility index (Phi) is 6.83. The summed E-state index contributed by atoms with van der Waals surface area (Å²) in [5.74, 6) is 0. The molecule has 0 aliphatic heterocycles. The second-order valence-corrected chi connectivity index (χ2v) is 15.6. The van der Waals surface area contributed by atoms with Crippen LogP contribution in [0.5, 0.6) is 0 Å². The van der Waals surface area contributed by atoms with Gasteiger partial charge in [-0.3, -0.25) is 0 Å². The summed E-state index contributed by atoms with van der Waals surface area (Å²) < 4.78 is 6.87. The molecule has 0 amide bonds. The quantitative estimate of drug-likeness (QED) is 0.131. The Morgan fingerprint density at radius 2 is 0.772 bits per heavy atom. The van der Waals surface area contributed by atoms with Gasteiger partial charge < -0.3 is 4.42 Å². The fourth-order valence-corrected chi connectivity index (χ4v) is 10.0. The Balaban J connectivity index is 1.14. The zero-order chi connectivity index (χ0) is 37.8. The lowest BCUT2D eigenvalue weighted by molar-refractivity contribution is 0.673. The Bertz CT molecular complexity index is 3560. The number of benzene rings is 11. The highest BCUT2D eigenvalue weighted by Gasteiger charge is 2.22. The van der Waals surface area contributed by atoms with Crippen molar-refractivity contribution in [1.29, 1.82) is 0 Å². The van der Waals surface area contributed by atoms with Crippen molar-refractivity contribution in [2.24, 2.45) is 0 Å². The van der Waals surface area contributed by atoms with E-state index in [4.69, 9.17) is 4.42 Å². The van der Waals surface area contributed by atoms with Crippen molar-refractivity contribution in [3.8, 4) is 33.4 Å². The molecule has 12 aromatic rings. The van der Waals surface area contributed by atoms with E-state index in [2.05, 4.69) is 196 Å². The van der Waals surface area contributed by atoms with Crippen molar-refractivity contribution in [3.63, 3.8) is 0 Å². The molecule has 0 fully saturated rings. The molecule has 0 saturated heterocycles. The van der Waals surface area contributed by atoms with Crippen LogP contribution < -0.4 is 0 Å². The van der Waals surface area contributed by atoms with E-state index in [0.29, 0.717) is 0 Å². The zero-order valence-electron chi connectivity index (χ0n) is 31.7. The van der Waals surface area contributed by atoms with Crippen LogP contribution in [0.25, 0.3) is 120 Å². The van der Waals surface area contributed by atoms with Crippen molar-refractivity contribution in [2.45, 2.75) is 13.8 Å². The topological polar surface area (TPSA) is 13.1 Å². The zero-order valence-corrected chi connectivity index (χ0v) is 31.7. The molecule has 0 spiro atoms. The molecule has 1 heteroatoms. The summed E-state index contributed by atoms with van der Waals surface area (Å²) in [5, 5.41) is 17.2. The number of rotatable bonds is 3. The molecule has 57 heavy (non-hydrogen) atoms. The largest absolute Gasteiger partial charge is 0.455 e. The van der Waals surface area contributed by atoms with Gasteiger partial charge in [0.05, 0.1) is 0 Å². The first-order valence-electron chi connectivity index (χ1n) is 19.8. The molecular formula is C56H36O. The summed E-state index contributed by atoms with van der Waals surface area (Å²) in [7, 11) is 0.